The smallest absolute Gasteiger partial charge is 0.246 e. The van der Waals surface area contributed by atoms with Gasteiger partial charge in [-0.2, -0.15) is 0 Å². The van der Waals surface area contributed by atoms with Gasteiger partial charge in [-0.1, -0.05) is 51.5 Å². The Morgan fingerprint density at radius 3 is 2.41 bits per heavy atom. The minimum absolute atomic E-state index is 0.0733. The van der Waals surface area contributed by atoms with Gasteiger partial charge in [-0.05, 0) is 67.5 Å². The van der Waals surface area contributed by atoms with E-state index in [0.717, 1.165) is 61.5 Å². The summed E-state index contributed by atoms with van der Waals surface area (Å²) in [6.45, 7) is 5.20. The second-order valence-electron chi connectivity index (χ2n) is 11.7. The van der Waals surface area contributed by atoms with Crippen molar-refractivity contribution in [3.05, 3.63) is 48.2 Å². The Morgan fingerprint density at radius 2 is 1.77 bits per heavy atom. The molecule has 1 saturated carbocycles. The van der Waals surface area contributed by atoms with E-state index in [1.54, 1.807) is 7.11 Å². The molecule has 2 aliphatic heterocycles. The molecular formula is C32H44N4O3. The van der Waals surface area contributed by atoms with Crippen LogP contribution in [0.15, 0.2) is 42.6 Å². The summed E-state index contributed by atoms with van der Waals surface area (Å²) >= 11 is 0. The molecule has 210 valence electrons. The number of nitrogens with zero attached hydrogens (tertiary/aromatic N) is 3. The second-order valence-corrected chi connectivity index (χ2v) is 11.7. The molecule has 1 atom stereocenters. The Labute approximate surface area is 233 Å². The van der Waals surface area contributed by atoms with Crippen LogP contribution in [0, 0.1) is 5.92 Å². The lowest BCUT2D eigenvalue weighted by Gasteiger charge is -2.52. The highest BCUT2D eigenvalue weighted by atomic mass is 16.5. The van der Waals surface area contributed by atoms with E-state index in [1.165, 1.54) is 32.1 Å². The fraction of sp³-hybridized carbons (Fsp3) is 0.594. The third kappa shape index (κ3) is 6.13. The van der Waals surface area contributed by atoms with Crippen molar-refractivity contribution in [3.63, 3.8) is 0 Å². The predicted octanol–water partition coefficient (Wildman–Crippen LogP) is 5.19. The standard InChI is InChI=1S/C32H44N4O3/c1-3-4-18-36-30(37)29(21-24-8-6-5-7-9-24)34-31(38)32(36)16-19-35(20-17-32)23-25-10-15-28(33-22-25)26-11-13-27(39-2)14-12-26/h10-15,22,24,29H,3-9,16-21,23H2,1-2H3,(H,34,38)/t29-/m0/s1. The molecule has 0 bridgehead atoms. The van der Waals surface area contributed by atoms with E-state index >= 15 is 0 Å². The Balaban J connectivity index is 1.21. The molecule has 0 unspecified atom stereocenters. The van der Waals surface area contributed by atoms with Gasteiger partial charge >= 0.3 is 0 Å². The summed E-state index contributed by atoms with van der Waals surface area (Å²) in [5.74, 6) is 1.62. The fourth-order valence-corrected chi connectivity index (χ4v) is 6.72. The van der Waals surface area contributed by atoms with Gasteiger partial charge in [-0.25, -0.2) is 0 Å². The minimum atomic E-state index is -0.706. The minimum Gasteiger partial charge on any atom is -0.497 e. The first-order chi connectivity index (χ1) is 19.0. The van der Waals surface area contributed by atoms with Crippen LogP contribution in [0.3, 0.4) is 0 Å². The van der Waals surface area contributed by atoms with Gasteiger partial charge in [0.2, 0.25) is 11.8 Å². The summed E-state index contributed by atoms with van der Waals surface area (Å²) in [4.78, 5) is 36.5. The van der Waals surface area contributed by atoms with Crippen LogP contribution in [-0.4, -0.2) is 64.9 Å². The van der Waals surface area contributed by atoms with Gasteiger partial charge in [0.25, 0.3) is 0 Å². The first-order valence-electron chi connectivity index (χ1n) is 15.0. The fourth-order valence-electron chi connectivity index (χ4n) is 6.72. The monoisotopic (exact) mass is 532 g/mol. The molecule has 1 aliphatic carbocycles. The van der Waals surface area contributed by atoms with E-state index < -0.39 is 5.54 Å². The number of likely N-dealkylation sites (tertiary alicyclic amines) is 1. The van der Waals surface area contributed by atoms with Crippen molar-refractivity contribution in [1.82, 2.24) is 20.1 Å². The van der Waals surface area contributed by atoms with E-state index in [0.29, 0.717) is 25.3 Å². The van der Waals surface area contributed by atoms with E-state index in [2.05, 4.69) is 29.3 Å². The van der Waals surface area contributed by atoms with Crippen LogP contribution in [0.4, 0.5) is 0 Å². The number of piperidine rings is 1. The molecule has 39 heavy (non-hydrogen) atoms. The normalized spacial score (nSPS) is 22.2. The van der Waals surface area contributed by atoms with Crippen molar-refractivity contribution >= 4 is 11.8 Å². The van der Waals surface area contributed by atoms with Gasteiger partial charge in [0.05, 0.1) is 12.8 Å². The first-order valence-corrected chi connectivity index (χ1v) is 15.0. The van der Waals surface area contributed by atoms with Crippen molar-refractivity contribution < 1.29 is 14.3 Å². The second kappa shape index (κ2) is 12.5. The molecule has 1 N–H and O–H groups in total. The summed E-state index contributed by atoms with van der Waals surface area (Å²) in [5.41, 5.74) is 2.44. The van der Waals surface area contributed by atoms with Gasteiger partial charge in [0, 0.05) is 37.9 Å². The molecule has 2 saturated heterocycles. The van der Waals surface area contributed by atoms with Crippen LogP contribution < -0.4 is 10.1 Å². The lowest BCUT2D eigenvalue weighted by Crippen LogP contribution is -2.73. The number of hydrogen-bond acceptors (Lipinski definition) is 5. The molecule has 0 radical (unpaired) electrons. The maximum absolute atomic E-state index is 13.8. The number of rotatable bonds is 9. The quantitative estimate of drug-likeness (QED) is 0.481. The van der Waals surface area contributed by atoms with E-state index in [1.807, 2.05) is 35.4 Å². The number of benzene rings is 1. The molecule has 2 aromatic rings. The number of pyridine rings is 1. The predicted molar refractivity (Wildman–Crippen MR) is 153 cm³/mol. The van der Waals surface area contributed by atoms with E-state index in [4.69, 9.17) is 9.72 Å². The van der Waals surface area contributed by atoms with Crippen LogP contribution in [0.1, 0.15) is 76.7 Å². The lowest BCUT2D eigenvalue weighted by atomic mass is 9.79. The number of hydrogen-bond donors (Lipinski definition) is 1. The van der Waals surface area contributed by atoms with E-state index in [9.17, 15) is 9.59 Å². The topological polar surface area (TPSA) is 74.8 Å². The number of piperazine rings is 1. The summed E-state index contributed by atoms with van der Waals surface area (Å²) in [6.07, 6.45) is 12.2. The number of aromatic nitrogens is 1. The Morgan fingerprint density at radius 1 is 1.03 bits per heavy atom. The third-order valence-corrected chi connectivity index (χ3v) is 9.14. The van der Waals surface area contributed by atoms with Crippen LogP contribution in [0.5, 0.6) is 5.75 Å². The number of nitrogens with one attached hydrogen (secondary N) is 1. The molecule has 3 aliphatic rings. The van der Waals surface area contributed by atoms with Crippen LogP contribution in [0.2, 0.25) is 0 Å². The number of unbranched alkanes of at least 4 members (excludes halogenated alkanes) is 1. The summed E-state index contributed by atoms with van der Waals surface area (Å²) in [6, 6.07) is 11.8. The van der Waals surface area contributed by atoms with Crippen LogP contribution in [0.25, 0.3) is 11.3 Å². The molecule has 3 fully saturated rings. The number of amides is 2. The Hall–Kier alpha value is -2.93. The molecule has 7 nitrogen and oxygen atoms in total. The van der Waals surface area contributed by atoms with Gasteiger partial charge in [-0.3, -0.25) is 19.5 Å². The summed E-state index contributed by atoms with van der Waals surface area (Å²) in [7, 11) is 1.67. The molecule has 3 heterocycles. The highest BCUT2D eigenvalue weighted by Crippen LogP contribution is 2.36. The summed E-state index contributed by atoms with van der Waals surface area (Å²) < 4.78 is 5.25. The van der Waals surface area contributed by atoms with Gasteiger partial charge in [0.15, 0.2) is 0 Å². The van der Waals surface area contributed by atoms with Crippen LogP contribution in [-0.2, 0) is 16.1 Å². The molecule has 1 aromatic heterocycles. The van der Waals surface area contributed by atoms with Crippen molar-refractivity contribution in [2.75, 3.05) is 26.7 Å². The first kappa shape index (κ1) is 27.6. The molecule has 1 aromatic carbocycles. The lowest BCUT2D eigenvalue weighted by molar-refractivity contribution is -0.162. The number of ether oxygens (including phenoxy) is 1. The van der Waals surface area contributed by atoms with Gasteiger partial charge in [-0.15, -0.1) is 0 Å². The number of carbonyl (C=O) groups is 2. The van der Waals surface area contributed by atoms with Crippen molar-refractivity contribution in [2.45, 2.75) is 89.3 Å². The SMILES string of the molecule is CCCCN1C(=O)[C@H](CC2CCCCC2)NC(=O)C12CCN(Cc1ccc(-c3ccc(OC)cc3)nc1)CC2. The summed E-state index contributed by atoms with van der Waals surface area (Å²) in [5, 5.41) is 3.21. The highest BCUT2D eigenvalue weighted by Gasteiger charge is 2.53. The van der Waals surface area contributed by atoms with E-state index in [-0.39, 0.29) is 17.9 Å². The highest BCUT2D eigenvalue weighted by molar-refractivity contribution is 6.00. The molecule has 5 rings (SSSR count). The van der Waals surface area contributed by atoms with Crippen molar-refractivity contribution in [1.29, 1.82) is 0 Å². The largest absolute Gasteiger partial charge is 0.497 e. The number of carbonyl (C=O) groups excluding carboxylic acids is 2. The van der Waals surface area contributed by atoms with Crippen molar-refractivity contribution in [2.24, 2.45) is 5.92 Å². The third-order valence-electron chi connectivity index (χ3n) is 9.14. The molecule has 7 heteroatoms. The van der Waals surface area contributed by atoms with Gasteiger partial charge < -0.3 is 15.0 Å². The zero-order valence-electron chi connectivity index (χ0n) is 23.7. The average molecular weight is 533 g/mol. The number of methoxy groups -OCH3 is 1. The zero-order chi connectivity index (χ0) is 27.2. The molecule has 2 amide bonds. The maximum Gasteiger partial charge on any atom is 0.246 e. The van der Waals surface area contributed by atoms with Gasteiger partial charge in [0.1, 0.15) is 17.3 Å². The average Bonchev–Trinajstić information content (AvgIpc) is 2.98. The Bertz CT molecular complexity index is 1100. The Kier molecular flexibility index (Phi) is 8.85. The van der Waals surface area contributed by atoms with Crippen LogP contribution >= 0.6 is 0 Å². The van der Waals surface area contributed by atoms with Crippen molar-refractivity contribution in [3.8, 4) is 17.0 Å². The maximum atomic E-state index is 13.8. The molecular weight excluding hydrogens is 488 g/mol. The molecule has 1 spiro atoms. The zero-order valence-corrected chi connectivity index (χ0v) is 23.7.